The van der Waals surface area contributed by atoms with Crippen LogP contribution in [0, 0.1) is 10.1 Å². The number of halogens is 3. The maximum atomic E-state index is 13.5. The highest BCUT2D eigenvalue weighted by atomic mass is 19.4. The molecule has 1 N–H and O–H groups in total. The van der Waals surface area contributed by atoms with Gasteiger partial charge in [0, 0.05) is 0 Å². The number of methoxy groups -OCH3 is 1. The van der Waals surface area contributed by atoms with Gasteiger partial charge < -0.3 is 19.5 Å². The van der Waals surface area contributed by atoms with Crippen LogP contribution in [0.3, 0.4) is 0 Å². The van der Waals surface area contributed by atoms with Gasteiger partial charge in [-0.1, -0.05) is 12.1 Å². The molecule has 1 heterocycles. The van der Waals surface area contributed by atoms with E-state index in [2.05, 4.69) is 9.97 Å². The van der Waals surface area contributed by atoms with Crippen LogP contribution in [-0.4, -0.2) is 39.9 Å². The lowest BCUT2D eigenvalue weighted by atomic mass is 10.1. The molecule has 0 spiro atoms. The normalized spacial score (nSPS) is 12.6. The fraction of sp³-hybridized carbons (Fsp3) is 0.389. The van der Waals surface area contributed by atoms with E-state index in [-0.39, 0.29) is 17.2 Å². The topological polar surface area (TPSA) is 126 Å². The van der Waals surface area contributed by atoms with Crippen molar-refractivity contribution in [3.8, 4) is 17.5 Å². The fourth-order valence-corrected chi connectivity index (χ4v) is 2.35. The Bertz CT molecular complexity index is 945. The Kier molecular flexibility index (Phi) is 6.88. The first kappa shape index (κ1) is 23.6. The predicted octanol–water partition coefficient (Wildman–Crippen LogP) is 4.31. The van der Waals surface area contributed by atoms with E-state index in [1.165, 1.54) is 27.9 Å². The molecule has 0 aliphatic carbocycles. The van der Waals surface area contributed by atoms with Gasteiger partial charge in [-0.2, -0.15) is 23.1 Å². The molecule has 13 heteroatoms. The van der Waals surface area contributed by atoms with Crippen molar-refractivity contribution in [2.24, 2.45) is 0 Å². The van der Waals surface area contributed by atoms with E-state index in [9.17, 15) is 28.1 Å². The Labute approximate surface area is 174 Å². The third kappa shape index (κ3) is 6.42. The number of nitrogens with zero attached hydrogens (tertiary/aromatic N) is 3. The van der Waals surface area contributed by atoms with Crippen molar-refractivity contribution in [2.75, 3.05) is 7.11 Å². The zero-order valence-electron chi connectivity index (χ0n) is 16.9. The van der Waals surface area contributed by atoms with Crippen molar-refractivity contribution in [3.05, 3.63) is 46.3 Å². The molecule has 10 nitrogen and oxygen atoms in total. The van der Waals surface area contributed by atoms with Gasteiger partial charge >= 0.3 is 29.7 Å². The van der Waals surface area contributed by atoms with Crippen LogP contribution >= 0.6 is 0 Å². The Balaban J connectivity index is 2.27. The molecule has 1 atom stereocenters. The van der Waals surface area contributed by atoms with Crippen LogP contribution in [-0.2, 0) is 4.74 Å². The molecule has 31 heavy (non-hydrogen) atoms. The average Bonchev–Trinajstić information content (AvgIpc) is 2.64. The van der Waals surface area contributed by atoms with Crippen molar-refractivity contribution >= 4 is 11.8 Å². The third-order valence-electron chi connectivity index (χ3n) is 3.55. The third-order valence-corrected chi connectivity index (χ3v) is 3.55. The van der Waals surface area contributed by atoms with E-state index in [0.717, 1.165) is 30.6 Å². The van der Waals surface area contributed by atoms with Crippen LogP contribution in [0.1, 0.15) is 32.4 Å². The number of rotatable bonds is 6. The smallest absolute Gasteiger partial charge is 0.412 e. The van der Waals surface area contributed by atoms with E-state index in [4.69, 9.17) is 14.2 Å². The highest BCUT2D eigenvalue weighted by Gasteiger charge is 2.42. The Morgan fingerprint density at radius 3 is 2.19 bits per heavy atom. The molecular weight excluding hydrogens is 425 g/mol. The van der Waals surface area contributed by atoms with Gasteiger partial charge in [0.05, 0.1) is 12.0 Å². The highest BCUT2D eigenvalue weighted by Crippen LogP contribution is 2.37. The number of hydrogen-bond acceptors (Lipinski definition) is 8. The average molecular weight is 444 g/mol. The summed E-state index contributed by atoms with van der Waals surface area (Å²) in [7, 11) is 1.17. The minimum Gasteiger partial charge on any atom is -0.476 e. The van der Waals surface area contributed by atoms with Crippen LogP contribution in [0.2, 0.25) is 0 Å². The second-order valence-electron chi connectivity index (χ2n) is 7.09. The van der Waals surface area contributed by atoms with Gasteiger partial charge in [-0.3, -0.25) is 10.1 Å². The molecule has 1 aromatic carbocycles. The first-order valence-corrected chi connectivity index (χ1v) is 8.69. The van der Waals surface area contributed by atoms with Gasteiger partial charge in [0.15, 0.2) is 6.04 Å². The minimum atomic E-state index is -4.81. The molecule has 1 amide bonds. The molecule has 0 fully saturated rings. The van der Waals surface area contributed by atoms with Crippen molar-refractivity contribution < 1.29 is 37.1 Å². The van der Waals surface area contributed by atoms with Crippen molar-refractivity contribution in [1.82, 2.24) is 15.3 Å². The number of hydrogen-bond donors (Lipinski definition) is 1. The number of alkyl carbamates (subject to hydrolysis) is 1. The Morgan fingerprint density at radius 2 is 1.71 bits per heavy atom. The molecular formula is C18H19F3N4O6. The van der Waals surface area contributed by atoms with E-state index in [1.807, 2.05) is 0 Å². The summed E-state index contributed by atoms with van der Waals surface area (Å²) in [6.07, 6.45) is -5.07. The Hall–Kier alpha value is -3.64. The maximum Gasteiger partial charge on any atom is 0.412 e. The van der Waals surface area contributed by atoms with Crippen LogP contribution in [0.4, 0.5) is 23.7 Å². The van der Waals surface area contributed by atoms with Crippen LogP contribution in [0.25, 0.3) is 0 Å². The SMILES string of the molecule is COc1ncnc(Oc2ccc([C@@H](NC(=O)OC(C)(C)C)C(F)(F)F)cc2)c1[N+](=O)[O-]. The lowest BCUT2D eigenvalue weighted by molar-refractivity contribution is -0.387. The zero-order valence-corrected chi connectivity index (χ0v) is 16.9. The number of aromatic nitrogens is 2. The monoisotopic (exact) mass is 444 g/mol. The molecule has 0 unspecified atom stereocenters. The molecule has 0 saturated carbocycles. The summed E-state index contributed by atoms with van der Waals surface area (Å²) in [5, 5.41) is 13.0. The van der Waals surface area contributed by atoms with E-state index in [1.54, 1.807) is 5.32 Å². The van der Waals surface area contributed by atoms with E-state index < -0.39 is 40.4 Å². The van der Waals surface area contributed by atoms with E-state index in [0.29, 0.717) is 0 Å². The van der Waals surface area contributed by atoms with Crippen molar-refractivity contribution in [3.63, 3.8) is 0 Å². The van der Waals surface area contributed by atoms with Crippen LogP contribution < -0.4 is 14.8 Å². The Morgan fingerprint density at radius 1 is 1.13 bits per heavy atom. The molecule has 0 aliphatic heterocycles. The van der Waals surface area contributed by atoms with E-state index >= 15 is 0 Å². The van der Waals surface area contributed by atoms with Gasteiger partial charge in [0.25, 0.3) is 0 Å². The van der Waals surface area contributed by atoms with Crippen LogP contribution in [0.5, 0.6) is 17.5 Å². The first-order chi connectivity index (χ1) is 14.3. The summed E-state index contributed by atoms with van der Waals surface area (Å²) in [6.45, 7) is 4.55. The standard InChI is InChI=1S/C18H19F3N4O6/c1-17(2,3)31-16(26)24-13(18(19,20)21)10-5-7-11(8-6-10)30-15-12(25(27)28)14(29-4)22-9-23-15/h5-9,13H,1-4H3,(H,24,26)/t13-/m1/s1. The number of carbonyl (C=O) groups excluding carboxylic acids is 1. The molecule has 0 radical (unpaired) electrons. The van der Waals surface area contributed by atoms with Gasteiger partial charge in [0.1, 0.15) is 17.7 Å². The molecule has 2 rings (SSSR count). The molecule has 168 valence electrons. The summed E-state index contributed by atoms with van der Waals surface area (Å²) in [4.78, 5) is 29.5. The van der Waals surface area contributed by atoms with Crippen molar-refractivity contribution in [1.29, 1.82) is 0 Å². The lowest BCUT2D eigenvalue weighted by Crippen LogP contribution is -2.41. The van der Waals surface area contributed by atoms with Gasteiger partial charge in [-0.25, -0.2) is 4.79 Å². The van der Waals surface area contributed by atoms with Crippen LogP contribution in [0.15, 0.2) is 30.6 Å². The number of amides is 1. The molecule has 1 aromatic heterocycles. The second kappa shape index (κ2) is 9.02. The number of benzene rings is 1. The maximum absolute atomic E-state index is 13.5. The van der Waals surface area contributed by atoms with Gasteiger partial charge in [-0.15, -0.1) is 0 Å². The van der Waals surface area contributed by atoms with Gasteiger partial charge in [-0.05, 0) is 38.5 Å². The molecule has 2 aromatic rings. The quantitative estimate of drug-likeness (QED) is 0.516. The largest absolute Gasteiger partial charge is 0.476 e. The number of alkyl halides is 3. The van der Waals surface area contributed by atoms with Gasteiger partial charge in [0.2, 0.25) is 0 Å². The summed E-state index contributed by atoms with van der Waals surface area (Å²) in [5.74, 6) is -0.833. The number of ether oxygens (including phenoxy) is 3. The second-order valence-corrected chi connectivity index (χ2v) is 7.09. The lowest BCUT2D eigenvalue weighted by Gasteiger charge is -2.25. The highest BCUT2D eigenvalue weighted by molar-refractivity contribution is 5.68. The summed E-state index contributed by atoms with van der Waals surface area (Å²) < 4.78 is 55.4. The molecule has 0 bridgehead atoms. The fourth-order valence-electron chi connectivity index (χ4n) is 2.35. The summed E-state index contributed by atoms with van der Waals surface area (Å²) in [5.41, 5.74) is -1.93. The summed E-state index contributed by atoms with van der Waals surface area (Å²) in [6, 6.07) is 2.04. The molecule has 0 saturated heterocycles. The molecule has 0 aliphatic rings. The predicted molar refractivity (Wildman–Crippen MR) is 99.9 cm³/mol. The number of nitro groups is 1. The first-order valence-electron chi connectivity index (χ1n) is 8.69. The minimum absolute atomic E-state index is 0.0363. The number of nitrogens with one attached hydrogen (secondary N) is 1. The summed E-state index contributed by atoms with van der Waals surface area (Å²) >= 11 is 0. The number of carbonyl (C=O) groups is 1. The van der Waals surface area contributed by atoms with Crippen molar-refractivity contribution in [2.45, 2.75) is 38.6 Å². The zero-order chi connectivity index (χ0) is 23.4.